The highest BCUT2D eigenvalue weighted by Crippen LogP contribution is 2.28. The number of benzene rings is 2. The number of hydrogen-bond acceptors (Lipinski definition) is 5. The number of pyridine rings is 1. The van der Waals surface area contributed by atoms with Gasteiger partial charge in [-0.05, 0) is 54.8 Å². The summed E-state index contributed by atoms with van der Waals surface area (Å²) in [6, 6.07) is 13.3. The third kappa shape index (κ3) is 4.22. The number of H-pyrrole nitrogens is 1. The van der Waals surface area contributed by atoms with Crippen LogP contribution in [0.25, 0.3) is 10.9 Å². The minimum Gasteiger partial charge on any atom is -0.508 e. The fourth-order valence-electron chi connectivity index (χ4n) is 2.98. The van der Waals surface area contributed by atoms with Crippen molar-refractivity contribution in [2.75, 3.05) is 13.1 Å². The quantitative estimate of drug-likeness (QED) is 0.418. The molecular formula is C20H22N2O4. The summed E-state index contributed by atoms with van der Waals surface area (Å²) in [7, 11) is 0. The minimum absolute atomic E-state index is 0.0180. The summed E-state index contributed by atoms with van der Waals surface area (Å²) in [6.07, 6.45) is 1.03. The summed E-state index contributed by atoms with van der Waals surface area (Å²) in [5.74, 6) is 0.243. The van der Waals surface area contributed by atoms with Gasteiger partial charge in [-0.3, -0.25) is 4.79 Å². The molecule has 26 heavy (non-hydrogen) atoms. The SMILES string of the molecule is O=c1ccc2c(C(O)CNCCCc3ccc(O)cc3)ccc(O)c2[nH]1. The molecule has 0 aliphatic rings. The van der Waals surface area contributed by atoms with Crippen LogP contribution in [0, 0.1) is 0 Å². The molecule has 0 saturated heterocycles. The number of aliphatic hydroxyl groups is 1. The molecule has 0 aliphatic heterocycles. The number of phenols is 2. The largest absolute Gasteiger partial charge is 0.508 e. The molecule has 136 valence electrons. The molecule has 0 aliphatic carbocycles. The lowest BCUT2D eigenvalue weighted by Gasteiger charge is -2.15. The van der Waals surface area contributed by atoms with Gasteiger partial charge in [0.05, 0.1) is 11.6 Å². The Labute approximate surface area is 150 Å². The van der Waals surface area contributed by atoms with Crippen molar-refractivity contribution in [1.82, 2.24) is 10.3 Å². The number of aromatic nitrogens is 1. The van der Waals surface area contributed by atoms with Crippen LogP contribution >= 0.6 is 0 Å². The molecule has 6 heteroatoms. The zero-order valence-electron chi connectivity index (χ0n) is 14.3. The molecule has 0 radical (unpaired) electrons. The van der Waals surface area contributed by atoms with Crippen LogP contribution in [0.1, 0.15) is 23.7 Å². The molecule has 0 spiro atoms. The highest BCUT2D eigenvalue weighted by Gasteiger charge is 2.13. The maximum Gasteiger partial charge on any atom is 0.248 e. The maximum atomic E-state index is 11.4. The third-order valence-electron chi connectivity index (χ3n) is 4.36. The van der Waals surface area contributed by atoms with E-state index in [0.717, 1.165) is 24.9 Å². The van der Waals surface area contributed by atoms with E-state index in [4.69, 9.17) is 0 Å². The van der Waals surface area contributed by atoms with Gasteiger partial charge in [-0.25, -0.2) is 0 Å². The number of phenolic OH excluding ortho intramolecular Hbond substituents is 2. The normalized spacial score (nSPS) is 12.3. The Balaban J connectivity index is 1.56. The second kappa shape index (κ2) is 8.03. The third-order valence-corrected chi connectivity index (χ3v) is 4.36. The molecule has 1 unspecified atom stereocenters. The predicted molar refractivity (Wildman–Crippen MR) is 100 cm³/mol. The first kappa shape index (κ1) is 18.0. The van der Waals surface area contributed by atoms with Crippen LogP contribution in [0.2, 0.25) is 0 Å². The smallest absolute Gasteiger partial charge is 0.248 e. The van der Waals surface area contributed by atoms with Gasteiger partial charge in [-0.2, -0.15) is 0 Å². The van der Waals surface area contributed by atoms with E-state index in [0.29, 0.717) is 23.0 Å². The van der Waals surface area contributed by atoms with Gasteiger partial charge >= 0.3 is 0 Å². The molecule has 3 rings (SSSR count). The average Bonchev–Trinajstić information content (AvgIpc) is 2.63. The Morgan fingerprint density at radius 1 is 1.00 bits per heavy atom. The first-order chi connectivity index (χ1) is 12.5. The Hall–Kier alpha value is -2.83. The van der Waals surface area contributed by atoms with E-state index in [1.807, 2.05) is 12.1 Å². The summed E-state index contributed by atoms with van der Waals surface area (Å²) >= 11 is 0. The molecular weight excluding hydrogens is 332 g/mol. The second-order valence-corrected chi connectivity index (χ2v) is 6.28. The summed E-state index contributed by atoms with van der Waals surface area (Å²) in [6.45, 7) is 1.11. The number of aromatic hydroxyl groups is 2. The summed E-state index contributed by atoms with van der Waals surface area (Å²) in [5.41, 5.74) is 1.84. The molecule has 0 saturated carbocycles. The number of rotatable bonds is 7. The fraction of sp³-hybridized carbons (Fsp3) is 0.250. The Kier molecular flexibility index (Phi) is 5.55. The van der Waals surface area contributed by atoms with Crippen molar-refractivity contribution in [3.63, 3.8) is 0 Å². The Morgan fingerprint density at radius 2 is 1.77 bits per heavy atom. The fourth-order valence-corrected chi connectivity index (χ4v) is 2.98. The van der Waals surface area contributed by atoms with Gasteiger partial charge < -0.3 is 25.6 Å². The predicted octanol–water partition coefficient (Wildman–Crippen LogP) is 2.20. The molecule has 0 fully saturated rings. The van der Waals surface area contributed by atoms with Crippen molar-refractivity contribution < 1.29 is 15.3 Å². The molecule has 1 heterocycles. The lowest BCUT2D eigenvalue weighted by molar-refractivity contribution is 0.176. The van der Waals surface area contributed by atoms with E-state index in [1.165, 1.54) is 12.1 Å². The lowest BCUT2D eigenvalue weighted by atomic mass is 10.0. The van der Waals surface area contributed by atoms with Gasteiger partial charge in [0, 0.05) is 18.0 Å². The van der Waals surface area contributed by atoms with Crippen molar-refractivity contribution in [3.05, 3.63) is 70.0 Å². The molecule has 1 atom stereocenters. The highest BCUT2D eigenvalue weighted by atomic mass is 16.3. The number of aryl methyl sites for hydroxylation is 1. The van der Waals surface area contributed by atoms with Crippen LogP contribution < -0.4 is 10.9 Å². The summed E-state index contributed by atoms with van der Waals surface area (Å²) < 4.78 is 0. The van der Waals surface area contributed by atoms with Crippen molar-refractivity contribution >= 4 is 10.9 Å². The standard InChI is InChI=1S/C20H22N2O4/c23-14-5-3-13(4-6-14)2-1-11-21-12-18(25)15-7-9-17(24)20-16(15)8-10-19(26)22-20/h3-10,18,21,23-25H,1-2,11-12H2,(H,22,26). The van der Waals surface area contributed by atoms with Gasteiger partial charge in [0.2, 0.25) is 5.56 Å². The monoisotopic (exact) mass is 354 g/mol. The topological polar surface area (TPSA) is 106 Å². The average molecular weight is 354 g/mol. The second-order valence-electron chi connectivity index (χ2n) is 6.28. The van der Waals surface area contributed by atoms with E-state index in [-0.39, 0.29) is 17.1 Å². The van der Waals surface area contributed by atoms with E-state index in [9.17, 15) is 20.1 Å². The number of fused-ring (bicyclic) bond motifs is 1. The molecule has 1 aromatic heterocycles. The Bertz CT molecular complexity index is 935. The number of hydrogen-bond donors (Lipinski definition) is 5. The van der Waals surface area contributed by atoms with Gasteiger partial charge in [-0.15, -0.1) is 0 Å². The van der Waals surface area contributed by atoms with Crippen LogP contribution in [0.3, 0.4) is 0 Å². The first-order valence-corrected chi connectivity index (χ1v) is 8.56. The highest BCUT2D eigenvalue weighted by molar-refractivity contribution is 5.87. The number of nitrogens with one attached hydrogen (secondary N) is 2. The van der Waals surface area contributed by atoms with E-state index in [2.05, 4.69) is 10.3 Å². The molecule has 6 nitrogen and oxygen atoms in total. The van der Waals surface area contributed by atoms with E-state index < -0.39 is 6.10 Å². The van der Waals surface area contributed by atoms with Crippen molar-refractivity contribution in [1.29, 1.82) is 0 Å². The van der Waals surface area contributed by atoms with Crippen molar-refractivity contribution in [2.45, 2.75) is 18.9 Å². The number of aromatic amines is 1. The van der Waals surface area contributed by atoms with Crippen molar-refractivity contribution in [2.24, 2.45) is 0 Å². The van der Waals surface area contributed by atoms with Crippen LogP contribution in [0.15, 0.2) is 53.3 Å². The zero-order chi connectivity index (χ0) is 18.5. The summed E-state index contributed by atoms with van der Waals surface area (Å²) in [5, 5.41) is 33.5. The van der Waals surface area contributed by atoms with Gasteiger partial charge in [0.25, 0.3) is 0 Å². The zero-order valence-corrected chi connectivity index (χ0v) is 14.3. The van der Waals surface area contributed by atoms with Crippen LogP contribution in [0.5, 0.6) is 11.5 Å². The van der Waals surface area contributed by atoms with Gasteiger partial charge in [-0.1, -0.05) is 18.2 Å². The maximum absolute atomic E-state index is 11.4. The van der Waals surface area contributed by atoms with Gasteiger partial charge in [0.15, 0.2) is 0 Å². The van der Waals surface area contributed by atoms with Crippen LogP contribution in [-0.2, 0) is 6.42 Å². The lowest BCUT2D eigenvalue weighted by Crippen LogP contribution is -2.23. The minimum atomic E-state index is -0.752. The Morgan fingerprint density at radius 3 is 2.54 bits per heavy atom. The van der Waals surface area contributed by atoms with Crippen molar-refractivity contribution in [3.8, 4) is 11.5 Å². The molecule has 2 aromatic carbocycles. The molecule has 0 bridgehead atoms. The van der Waals surface area contributed by atoms with Crippen LogP contribution in [-0.4, -0.2) is 33.4 Å². The molecule has 5 N–H and O–H groups in total. The van der Waals surface area contributed by atoms with E-state index >= 15 is 0 Å². The first-order valence-electron chi connectivity index (χ1n) is 8.56. The molecule has 3 aromatic rings. The van der Waals surface area contributed by atoms with Gasteiger partial charge in [0.1, 0.15) is 11.5 Å². The van der Waals surface area contributed by atoms with E-state index in [1.54, 1.807) is 24.3 Å². The van der Waals surface area contributed by atoms with Crippen LogP contribution in [0.4, 0.5) is 0 Å². The summed E-state index contributed by atoms with van der Waals surface area (Å²) in [4.78, 5) is 14.0. The molecule has 0 amide bonds. The number of aliphatic hydroxyl groups excluding tert-OH is 1.